The number of anilines is 1. The van der Waals surface area contributed by atoms with Gasteiger partial charge in [-0.25, -0.2) is 0 Å². The molecule has 7 nitrogen and oxygen atoms in total. The van der Waals surface area contributed by atoms with Crippen LogP contribution in [-0.2, 0) is 0 Å². The second kappa shape index (κ2) is 6.51. The summed E-state index contributed by atoms with van der Waals surface area (Å²) in [7, 11) is 5.06. The number of aromatic nitrogens is 3. The molecule has 1 fully saturated rings. The second-order valence-corrected chi connectivity index (χ2v) is 4.61. The quantitative estimate of drug-likeness (QED) is 0.817. The van der Waals surface area contributed by atoms with Gasteiger partial charge in [0.05, 0.1) is 14.2 Å². The number of hydrogen-bond acceptors (Lipinski definition) is 7. The summed E-state index contributed by atoms with van der Waals surface area (Å²) in [4.78, 5) is 12.3. The molecule has 0 amide bonds. The smallest absolute Gasteiger partial charge is 0.324 e. The zero-order valence-electron chi connectivity index (χ0n) is 11.6. The van der Waals surface area contributed by atoms with E-state index in [0.29, 0.717) is 18.0 Å². The van der Waals surface area contributed by atoms with Crippen LogP contribution in [-0.4, -0.2) is 48.3 Å². The van der Waals surface area contributed by atoms with Crippen LogP contribution < -0.4 is 20.1 Å². The van der Waals surface area contributed by atoms with Gasteiger partial charge < -0.3 is 20.1 Å². The molecule has 1 heterocycles. The molecule has 1 aromatic heterocycles. The summed E-state index contributed by atoms with van der Waals surface area (Å²) >= 11 is 0. The number of hydrogen-bond donors (Lipinski definition) is 2. The van der Waals surface area contributed by atoms with Crippen molar-refractivity contribution in [1.29, 1.82) is 0 Å². The molecule has 106 valence electrons. The third-order valence-corrected chi connectivity index (χ3v) is 3.43. The highest BCUT2D eigenvalue weighted by molar-refractivity contribution is 5.29. The van der Waals surface area contributed by atoms with Crippen LogP contribution in [0.2, 0.25) is 0 Å². The molecular weight excluding hydrogens is 246 g/mol. The SMILES string of the molecule is CNC1CCC(Nc2nc(OC)nc(OC)n2)CC1. The molecule has 1 aromatic rings. The maximum atomic E-state index is 5.03. The van der Waals surface area contributed by atoms with Gasteiger partial charge in [0.25, 0.3) is 0 Å². The van der Waals surface area contributed by atoms with Crippen molar-refractivity contribution in [3.63, 3.8) is 0 Å². The fourth-order valence-corrected chi connectivity index (χ4v) is 2.29. The minimum Gasteiger partial charge on any atom is -0.467 e. The van der Waals surface area contributed by atoms with E-state index in [9.17, 15) is 0 Å². The van der Waals surface area contributed by atoms with Crippen LogP contribution in [0.3, 0.4) is 0 Å². The van der Waals surface area contributed by atoms with E-state index in [1.54, 1.807) is 0 Å². The molecule has 1 saturated carbocycles. The normalized spacial score (nSPS) is 22.9. The monoisotopic (exact) mass is 267 g/mol. The predicted octanol–water partition coefficient (Wildman–Crippen LogP) is 0.831. The average Bonchev–Trinajstić information content (AvgIpc) is 2.47. The van der Waals surface area contributed by atoms with Crippen LogP contribution >= 0.6 is 0 Å². The van der Waals surface area contributed by atoms with Crippen molar-refractivity contribution in [1.82, 2.24) is 20.3 Å². The van der Waals surface area contributed by atoms with Gasteiger partial charge in [-0.15, -0.1) is 4.98 Å². The Balaban J connectivity index is 1.99. The minimum absolute atomic E-state index is 0.262. The van der Waals surface area contributed by atoms with Crippen molar-refractivity contribution < 1.29 is 9.47 Å². The standard InChI is InChI=1S/C12H21N5O2/c1-13-8-4-6-9(7-5-8)14-10-15-11(18-2)17-12(16-10)19-3/h8-9,13H,4-7H2,1-3H3,(H,14,15,16,17). The van der Waals surface area contributed by atoms with Crippen molar-refractivity contribution >= 4 is 5.95 Å². The fraction of sp³-hybridized carbons (Fsp3) is 0.750. The summed E-state index contributed by atoms with van der Waals surface area (Å²) < 4.78 is 10.1. The van der Waals surface area contributed by atoms with Gasteiger partial charge in [0.2, 0.25) is 5.95 Å². The second-order valence-electron chi connectivity index (χ2n) is 4.61. The topological polar surface area (TPSA) is 81.2 Å². The molecule has 2 N–H and O–H groups in total. The van der Waals surface area contributed by atoms with Crippen LogP contribution in [0.1, 0.15) is 25.7 Å². The van der Waals surface area contributed by atoms with E-state index in [-0.39, 0.29) is 12.0 Å². The van der Waals surface area contributed by atoms with Crippen molar-refractivity contribution in [2.24, 2.45) is 0 Å². The Morgan fingerprint density at radius 1 is 0.895 bits per heavy atom. The zero-order chi connectivity index (χ0) is 13.7. The number of rotatable bonds is 5. The third-order valence-electron chi connectivity index (χ3n) is 3.43. The number of nitrogens with zero attached hydrogens (tertiary/aromatic N) is 3. The van der Waals surface area contributed by atoms with Crippen LogP contribution in [0.15, 0.2) is 0 Å². The third kappa shape index (κ3) is 3.66. The van der Waals surface area contributed by atoms with Gasteiger partial charge in [-0.05, 0) is 32.7 Å². The Morgan fingerprint density at radius 3 is 1.89 bits per heavy atom. The molecule has 0 aromatic carbocycles. The van der Waals surface area contributed by atoms with Gasteiger partial charge in [-0.1, -0.05) is 0 Å². The van der Waals surface area contributed by atoms with Crippen molar-refractivity contribution in [2.75, 3.05) is 26.6 Å². The first-order valence-corrected chi connectivity index (χ1v) is 6.53. The molecule has 7 heteroatoms. The number of methoxy groups -OCH3 is 2. The first-order valence-electron chi connectivity index (χ1n) is 6.53. The molecule has 0 saturated heterocycles. The number of nitrogens with one attached hydrogen (secondary N) is 2. The van der Waals surface area contributed by atoms with Crippen molar-refractivity contribution in [2.45, 2.75) is 37.8 Å². The minimum atomic E-state index is 0.262. The van der Waals surface area contributed by atoms with Gasteiger partial charge in [-0.3, -0.25) is 0 Å². The lowest BCUT2D eigenvalue weighted by atomic mass is 9.91. The van der Waals surface area contributed by atoms with Crippen molar-refractivity contribution in [3.05, 3.63) is 0 Å². The summed E-state index contributed by atoms with van der Waals surface area (Å²) in [6.07, 6.45) is 4.52. The lowest BCUT2D eigenvalue weighted by Crippen LogP contribution is -2.35. The van der Waals surface area contributed by atoms with E-state index in [1.807, 2.05) is 7.05 Å². The van der Waals surface area contributed by atoms with Crippen LogP contribution in [0, 0.1) is 0 Å². The molecule has 0 unspecified atom stereocenters. The van der Waals surface area contributed by atoms with Gasteiger partial charge in [0.1, 0.15) is 0 Å². The summed E-state index contributed by atoms with van der Waals surface area (Å²) in [6.45, 7) is 0. The Morgan fingerprint density at radius 2 is 1.42 bits per heavy atom. The molecule has 0 radical (unpaired) electrons. The highest BCUT2D eigenvalue weighted by atomic mass is 16.5. The Labute approximate surface area is 113 Å². The summed E-state index contributed by atoms with van der Waals surface area (Å²) in [5.74, 6) is 0.511. The molecule has 2 rings (SSSR count). The lowest BCUT2D eigenvalue weighted by Gasteiger charge is -2.28. The predicted molar refractivity (Wildman–Crippen MR) is 71.7 cm³/mol. The van der Waals surface area contributed by atoms with E-state index in [2.05, 4.69) is 25.6 Å². The molecule has 0 atom stereocenters. The van der Waals surface area contributed by atoms with Gasteiger partial charge in [-0.2, -0.15) is 9.97 Å². The van der Waals surface area contributed by atoms with Gasteiger partial charge in [0.15, 0.2) is 0 Å². The first kappa shape index (κ1) is 13.8. The number of ether oxygens (including phenoxy) is 2. The van der Waals surface area contributed by atoms with E-state index < -0.39 is 0 Å². The van der Waals surface area contributed by atoms with Gasteiger partial charge in [0, 0.05) is 12.1 Å². The van der Waals surface area contributed by atoms with Gasteiger partial charge >= 0.3 is 12.0 Å². The molecule has 0 aliphatic heterocycles. The maximum Gasteiger partial charge on any atom is 0.324 e. The Bertz CT molecular complexity index is 385. The summed E-state index contributed by atoms with van der Waals surface area (Å²) in [6, 6.07) is 1.54. The first-order chi connectivity index (χ1) is 9.25. The Kier molecular flexibility index (Phi) is 4.73. The van der Waals surface area contributed by atoms with Crippen LogP contribution in [0.4, 0.5) is 5.95 Å². The summed E-state index contributed by atoms with van der Waals surface area (Å²) in [5, 5.41) is 6.64. The van der Waals surface area contributed by atoms with E-state index in [4.69, 9.17) is 9.47 Å². The van der Waals surface area contributed by atoms with E-state index in [0.717, 1.165) is 25.7 Å². The molecule has 1 aliphatic carbocycles. The fourth-order valence-electron chi connectivity index (χ4n) is 2.29. The molecular formula is C12H21N5O2. The van der Waals surface area contributed by atoms with Crippen LogP contribution in [0.25, 0.3) is 0 Å². The average molecular weight is 267 g/mol. The molecule has 0 spiro atoms. The molecule has 1 aliphatic rings. The van der Waals surface area contributed by atoms with E-state index >= 15 is 0 Å². The van der Waals surface area contributed by atoms with Crippen molar-refractivity contribution in [3.8, 4) is 12.0 Å². The zero-order valence-corrected chi connectivity index (χ0v) is 11.6. The molecule has 0 bridgehead atoms. The van der Waals surface area contributed by atoms with Crippen LogP contribution in [0.5, 0.6) is 12.0 Å². The lowest BCUT2D eigenvalue weighted by molar-refractivity contribution is 0.338. The van der Waals surface area contributed by atoms with E-state index in [1.165, 1.54) is 14.2 Å². The largest absolute Gasteiger partial charge is 0.467 e. The summed E-state index contributed by atoms with van der Waals surface area (Å²) in [5.41, 5.74) is 0. The highest BCUT2D eigenvalue weighted by Gasteiger charge is 2.21. The molecule has 19 heavy (non-hydrogen) atoms. The highest BCUT2D eigenvalue weighted by Crippen LogP contribution is 2.22. The maximum absolute atomic E-state index is 5.03. The Hall–Kier alpha value is -1.63.